The molecule has 2 aliphatic rings. The number of nitrogens with two attached hydrogens (primary N) is 1. The van der Waals surface area contributed by atoms with Gasteiger partial charge in [0, 0.05) is 28.5 Å². The number of rotatable bonds is 5. The molecule has 0 bridgehead atoms. The van der Waals surface area contributed by atoms with E-state index in [-0.39, 0.29) is 46.5 Å². The molecule has 7 nitrogen and oxygen atoms in total. The quantitative estimate of drug-likeness (QED) is 0.689. The molecule has 3 N–H and O–H groups in total. The van der Waals surface area contributed by atoms with E-state index in [1.807, 2.05) is 6.92 Å². The number of terminal acetylenes is 1. The monoisotopic (exact) mass is 443 g/mol. The molecule has 0 unspecified atom stereocenters. The molecule has 2 heterocycles. The third kappa shape index (κ3) is 3.81. The Morgan fingerprint density at radius 3 is 2.84 bits per heavy atom. The van der Waals surface area contributed by atoms with Crippen LogP contribution >= 0.6 is 11.8 Å². The second kappa shape index (κ2) is 7.81. The third-order valence-electron chi connectivity index (χ3n) is 5.54. The summed E-state index contributed by atoms with van der Waals surface area (Å²) in [5.41, 5.74) is 5.01. The van der Waals surface area contributed by atoms with Crippen molar-refractivity contribution in [2.24, 2.45) is 22.6 Å². The highest BCUT2D eigenvalue weighted by Gasteiger charge is 2.61. The van der Waals surface area contributed by atoms with Gasteiger partial charge in [0.05, 0.1) is 17.9 Å². The molecule has 10 heteroatoms. The molecule has 1 aliphatic heterocycles. The number of nitrogens with zero attached hydrogens (tertiary/aromatic N) is 3. The molecule has 4 rings (SSSR count). The first-order valence-electron chi connectivity index (χ1n) is 9.45. The van der Waals surface area contributed by atoms with Gasteiger partial charge in [0.15, 0.2) is 23.4 Å². The van der Waals surface area contributed by atoms with Crippen LogP contribution in [0.2, 0.25) is 0 Å². The molecule has 1 aliphatic carbocycles. The highest BCUT2D eigenvalue weighted by Crippen LogP contribution is 2.61. The van der Waals surface area contributed by atoms with Gasteiger partial charge in [-0.1, -0.05) is 24.6 Å². The molecule has 31 heavy (non-hydrogen) atoms. The molecule has 2 aromatic rings. The lowest BCUT2D eigenvalue weighted by Gasteiger charge is -2.30. The van der Waals surface area contributed by atoms with Crippen molar-refractivity contribution < 1.29 is 18.3 Å². The number of hydrogen-bond donors (Lipinski definition) is 2. The maximum Gasteiger partial charge on any atom is 0.275 e. The maximum absolute atomic E-state index is 14.8. The van der Waals surface area contributed by atoms with E-state index in [1.165, 1.54) is 30.2 Å². The van der Waals surface area contributed by atoms with Crippen LogP contribution in [0.5, 0.6) is 5.88 Å². The standard InChI is InChI=1S/C21H19F2N5O2S/c1-4-5-30-15-9-25-14(8-26-15)19(29)27-11-6-12(17(23)13(22)7-11)21(3)16-10(2)18(16)31-20(24)28-21/h1,6-10,16,18H,5H2,2-3H3,(H2,24,28)(H,27,29)/t10-,16+,18-,21+/m0/s1. The van der Waals surface area contributed by atoms with Crippen LogP contribution in [0.15, 0.2) is 29.5 Å². The van der Waals surface area contributed by atoms with E-state index in [0.717, 1.165) is 6.07 Å². The highest BCUT2D eigenvalue weighted by molar-refractivity contribution is 8.14. The summed E-state index contributed by atoms with van der Waals surface area (Å²) >= 11 is 1.45. The molecule has 0 radical (unpaired) electrons. The zero-order valence-electron chi connectivity index (χ0n) is 16.7. The number of amides is 1. The maximum atomic E-state index is 14.8. The molecule has 4 atom stereocenters. The van der Waals surface area contributed by atoms with E-state index in [1.54, 1.807) is 6.92 Å². The number of carbonyl (C=O) groups excluding carboxylic acids is 1. The first-order valence-corrected chi connectivity index (χ1v) is 10.3. The normalized spacial score (nSPS) is 26.3. The van der Waals surface area contributed by atoms with Crippen LogP contribution in [-0.2, 0) is 5.54 Å². The van der Waals surface area contributed by atoms with Gasteiger partial charge in [-0.15, -0.1) is 6.42 Å². The second-order valence-corrected chi connectivity index (χ2v) is 8.77. The summed E-state index contributed by atoms with van der Waals surface area (Å²) in [6, 6.07) is 2.30. The number of ether oxygens (including phenoxy) is 1. The van der Waals surface area contributed by atoms with Crippen LogP contribution in [0.1, 0.15) is 29.9 Å². The number of carbonyl (C=O) groups is 1. The second-order valence-electron chi connectivity index (χ2n) is 7.57. The summed E-state index contributed by atoms with van der Waals surface area (Å²) in [5, 5.41) is 3.07. The number of benzene rings is 1. The SMILES string of the molecule is C#CCOc1cnc(C(=O)Nc2cc(F)c(F)c([C@@]3(C)N=C(N)S[C@H]4[C@@H](C)[C@H]43)c2)cn1. The average molecular weight is 443 g/mol. The van der Waals surface area contributed by atoms with Crippen LogP contribution < -0.4 is 15.8 Å². The molecule has 1 fully saturated rings. The summed E-state index contributed by atoms with van der Waals surface area (Å²) in [6.07, 6.45) is 7.55. The largest absolute Gasteiger partial charge is 0.463 e. The van der Waals surface area contributed by atoms with Crippen molar-refractivity contribution in [1.29, 1.82) is 0 Å². The van der Waals surface area contributed by atoms with Crippen LogP contribution in [0.3, 0.4) is 0 Å². The summed E-state index contributed by atoms with van der Waals surface area (Å²) < 4.78 is 34.4. The Labute approximate surface area is 181 Å². The number of aromatic nitrogens is 2. The number of thioether (sulfide) groups is 1. The van der Waals surface area contributed by atoms with Crippen molar-refractivity contribution in [1.82, 2.24) is 9.97 Å². The lowest BCUT2D eigenvalue weighted by Crippen LogP contribution is -2.32. The van der Waals surface area contributed by atoms with Gasteiger partial charge >= 0.3 is 0 Å². The van der Waals surface area contributed by atoms with E-state index in [9.17, 15) is 13.6 Å². The topological polar surface area (TPSA) is 102 Å². The summed E-state index contributed by atoms with van der Waals surface area (Å²) in [7, 11) is 0. The molecule has 0 saturated heterocycles. The van der Waals surface area contributed by atoms with E-state index in [2.05, 4.69) is 26.2 Å². The van der Waals surface area contributed by atoms with Gasteiger partial charge in [-0.3, -0.25) is 9.79 Å². The number of aliphatic imine (C=N–C) groups is 1. The zero-order valence-corrected chi connectivity index (χ0v) is 17.5. The predicted octanol–water partition coefficient (Wildman–Crippen LogP) is 2.93. The van der Waals surface area contributed by atoms with Crippen LogP contribution in [0.25, 0.3) is 0 Å². The highest BCUT2D eigenvalue weighted by atomic mass is 32.2. The minimum absolute atomic E-state index is 0.0165. The number of anilines is 1. The molecule has 0 spiro atoms. The molecule has 1 saturated carbocycles. The van der Waals surface area contributed by atoms with Crippen molar-refractivity contribution in [2.45, 2.75) is 24.6 Å². The van der Waals surface area contributed by atoms with Crippen molar-refractivity contribution in [3.8, 4) is 18.2 Å². The minimum atomic E-state index is -1.09. The third-order valence-corrected chi connectivity index (χ3v) is 6.87. The minimum Gasteiger partial charge on any atom is -0.463 e. The Hall–Kier alpha value is -3.19. The van der Waals surface area contributed by atoms with E-state index >= 15 is 0 Å². The van der Waals surface area contributed by atoms with Crippen molar-refractivity contribution in [3.63, 3.8) is 0 Å². The Bertz CT molecular complexity index is 1120. The zero-order chi connectivity index (χ0) is 22.3. The molecule has 1 aromatic carbocycles. The number of fused-ring (bicyclic) bond motifs is 1. The smallest absolute Gasteiger partial charge is 0.275 e. The van der Waals surface area contributed by atoms with Crippen molar-refractivity contribution in [3.05, 3.63) is 47.4 Å². The summed E-state index contributed by atoms with van der Waals surface area (Å²) in [4.78, 5) is 24.9. The molecule has 160 valence electrons. The van der Waals surface area contributed by atoms with E-state index in [0.29, 0.717) is 5.17 Å². The summed E-state index contributed by atoms with van der Waals surface area (Å²) in [5.74, 6) is -0.00454. The van der Waals surface area contributed by atoms with Gasteiger partial charge in [-0.25, -0.2) is 18.7 Å². The number of nitrogens with one attached hydrogen (secondary N) is 1. The molecular formula is C21H19F2N5O2S. The average Bonchev–Trinajstić information content (AvgIpc) is 3.39. The molecular weight excluding hydrogens is 424 g/mol. The number of amidine groups is 1. The van der Waals surface area contributed by atoms with Gasteiger partial charge < -0.3 is 15.8 Å². The molecule has 1 aromatic heterocycles. The first kappa shape index (κ1) is 21.1. The van der Waals surface area contributed by atoms with Crippen LogP contribution in [0, 0.1) is 35.8 Å². The fourth-order valence-corrected chi connectivity index (χ4v) is 5.47. The van der Waals surface area contributed by atoms with Crippen molar-refractivity contribution in [2.75, 3.05) is 11.9 Å². The van der Waals surface area contributed by atoms with Gasteiger partial charge in [-0.05, 0) is 18.9 Å². The first-order chi connectivity index (χ1) is 14.7. The Kier molecular flexibility index (Phi) is 5.31. The van der Waals surface area contributed by atoms with E-state index < -0.39 is 23.1 Å². The fourth-order valence-electron chi connectivity index (χ4n) is 4.00. The Morgan fingerprint density at radius 2 is 2.16 bits per heavy atom. The summed E-state index contributed by atoms with van der Waals surface area (Å²) in [6.45, 7) is 3.79. The number of halogens is 2. The Balaban J connectivity index is 1.61. The Morgan fingerprint density at radius 1 is 1.39 bits per heavy atom. The fraction of sp³-hybridized carbons (Fsp3) is 0.333. The van der Waals surface area contributed by atoms with Gasteiger partial charge in [0.1, 0.15) is 5.69 Å². The lowest BCUT2D eigenvalue weighted by atomic mass is 9.85. The van der Waals surface area contributed by atoms with Crippen LogP contribution in [0.4, 0.5) is 14.5 Å². The van der Waals surface area contributed by atoms with Gasteiger partial charge in [-0.2, -0.15) is 0 Å². The molecule has 1 amide bonds. The van der Waals surface area contributed by atoms with Crippen molar-refractivity contribution >= 4 is 28.5 Å². The van der Waals surface area contributed by atoms with Crippen LogP contribution in [-0.4, -0.2) is 32.9 Å². The van der Waals surface area contributed by atoms with E-state index in [4.69, 9.17) is 16.9 Å². The lowest BCUT2D eigenvalue weighted by molar-refractivity contribution is 0.102. The van der Waals surface area contributed by atoms with Gasteiger partial charge in [0.25, 0.3) is 5.91 Å². The predicted molar refractivity (Wildman–Crippen MR) is 114 cm³/mol. The van der Waals surface area contributed by atoms with Gasteiger partial charge in [0.2, 0.25) is 5.88 Å². The number of hydrogen-bond acceptors (Lipinski definition) is 7.